The Balaban J connectivity index is 0.000000340. The predicted octanol–water partition coefficient (Wildman–Crippen LogP) is 9.13. The van der Waals surface area contributed by atoms with Crippen LogP contribution in [0.15, 0.2) is 73.0 Å². The Morgan fingerprint density at radius 2 is 1.20 bits per heavy atom. The molecule has 2 amide bonds. The number of alkyl carbamates (subject to hydrolysis) is 2. The number of aromatic hydroxyl groups is 2. The third-order valence-corrected chi connectivity index (χ3v) is 11.2. The van der Waals surface area contributed by atoms with Crippen molar-refractivity contribution in [3.63, 3.8) is 0 Å². The lowest BCUT2D eigenvalue weighted by Crippen LogP contribution is -2.30. The zero-order chi connectivity index (χ0) is 46.7. The number of hydrogen-bond acceptors (Lipinski definition) is 12. The minimum absolute atomic E-state index is 0.00396. The summed E-state index contributed by atoms with van der Waals surface area (Å²) in [4.78, 5) is 49.2. The van der Waals surface area contributed by atoms with Gasteiger partial charge >= 0.3 is 24.1 Å². The molecule has 2 heterocycles. The predicted molar refractivity (Wildman–Crippen MR) is 245 cm³/mol. The molecule has 6 N–H and O–H groups in total. The maximum Gasteiger partial charge on any atom is 0.411 e. The van der Waals surface area contributed by atoms with Gasteiger partial charge in [0.25, 0.3) is 0 Å². The summed E-state index contributed by atoms with van der Waals surface area (Å²) in [7, 11) is 0. The number of phenols is 2. The zero-order valence-corrected chi connectivity index (χ0v) is 38.2. The van der Waals surface area contributed by atoms with E-state index in [1.165, 1.54) is 18.3 Å². The molecule has 0 fully saturated rings. The van der Waals surface area contributed by atoms with Gasteiger partial charge in [0.1, 0.15) is 34.8 Å². The smallest absolute Gasteiger partial charge is 0.411 e. The van der Waals surface area contributed by atoms with Crippen molar-refractivity contribution in [3.05, 3.63) is 95.2 Å². The fourth-order valence-electron chi connectivity index (χ4n) is 7.18. The number of carbonyl (C=O) groups is 4. The highest BCUT2D eigenvalue weighted by Gasteiger charge is 2.27. The summed E-state index contributed by atoms with van der Waals surface area (Å²) in [5, 5.41) is 46.9. The van der Waals surface area contributed by atoms with Crippen LogP contribution in [0.5, 0.6) is 11.5 Å². The standard InChI is InChI=1S/C25H37NO6.C25H35NO6/c2*1-3-4-7-16-31-25(30)26-15-9-13-20-17-22(28)18(2)10-5-6-11-19-12-8-14-21(27)23(19)24(29)32-20/h5-6,8,12,14,18,20,22,27-28H,3-4,7,9-11,13,15-17H2,1-2H3,(H,26,30);5-6,8-9,12,14-15,18,20,22,27-28H,3-4,7,10-11,13,16-17H2,1-2H3,(H,26,30)/b6-5+;6-5+,15-9+/t2*18-,20-,22+/m00/s1. The molecule has 2 aliphatic rings. The number of cyclic esters (lactones) is 2. The Labute approximate surface area is 379 Å². The summed E-state index contributed by atoms with van der Waals surface area (Å²) in [6.07, 6.45) is 17.6. The van der Waals surface area contributed by atoms with E-state index in [2.05, 4.69) is 24.5 Å². The number of rotatable bonds is 15. The fraction of sp³-hybridized carbons (Fsp3) is 0.560. The molecule has 14 nitrogen and oxygen atoms in total. The first-order chi connectivity index (χ1) is 30.8. The second kappa shape index (κ2) is 29.9. The number of hydrogen-bond donors (Lipinski definition) is 6. The first-order valence-electron chi connectivity index (χ1n) is 23.0. The average Bonchev–Trinajstić information content (AvgIpc) is 3.26. The number of amides is 2. The summed E-state index contributed by atoms with van der Waals surface area (Å²) in [6.45, 7) is 9.24. The number of fused-ring (bicyclic) bond motifs is 2. The van der Waals surface area contributed by atoms with Crippen LogP contribution in [0.2, 0.25) is 0 Å². The summed E-state index contributed by atoms with van der Waals surface area (Å²) in [5.41, 5.74) is 1.69. The zero-order valence-electron chi connectivity index (χ0n) is 38.2. The molecule has 0 aliphatic carbocycles. The van der Waals surface area contributed by atoms with Crippen LogP contribution in [-0.2, 0) is 31.8 Å². The van der Waals surface area contributed by atoms with Crippen molar-refractivity contribution >= 4 is 24.1 Å². The van der Waals surface area contributed by atoms with Crippen molar-refractivity contribution < 1.29 is 58.6 Å². The Kier molecular flexibility index (Phi) is 24.8. The van der Waals surface area contributed by atoms with Gasteiger partial charge in [0.05, 0.1) is 25.4 Å². The number of phenolic OH excluding ortho intramolecular Hbond substituents is 2. The number of nitrogens with one attached hydrogen (secondary N) is 2. The summed E-state index contributed by atoms with van der Waals surface area (Å²) < 4.78 is 21.6. The van der Waals surface area contributed by atoms with Crippen LogP contribution in [0.1, 0.15) is 143 Å². The summed E-state index contributed by atoms with van der Waals surface area (Å²) >= 11 is 0. The number of aliphatic hydroxyl groups excluding tert-OH is 2. The molecule has 0 unspecified atom stereocenters. The van der Waals surface area contributed by atoms with Gasteiger partial charge in [-0.3, -0.25) is 5.32 Å². The number of aliphatic hydroxyl groups is 2. The van der Waals surface area contributed by atoms with Crippen molar-refractivity contribution in [3.8, 4) is 11.5 Å². The third kappa shape index (κ3) is 19.6. The third-order valence-electron chi connectivity index (χ3n) is 11.2. The van der Waals surface area contributed by atoms with Gasteiger partial charge in [-0.25, -0.2) is 19.2 Å². The summed E-state index contributed by atoms with van der Waals surface area (Å²) in [5.74, 6) is -1.46. The van der Waals surface area contributed by atoms with Gasteiger partial charge in [0.2, 0.25) is 0 Å². The molecule has 14 heteroatoms. The molecule has 0 radical (unpaired) electrons. The van der Waals surface area contributed by atoms with Crippen molar-refractivity contribution in [2.75, 3.05) is 19.8 Å². The molecule has 0 saturated carbocycles. The van der Waals surface area contributed by atoms with Crippen molar-refractivity contribution in [1.29, 1.82) is 0 Å². The molecule has 0 saturated heterocycles. The molecule has 6 atom stereocenters. The number of esters is 2. The molecule has 2 aromatic rings. The molecular formula is C50H72N2O12. The Morgan fingerprint density at radius 3 is 1.73 bits per heavy atom. The van der Waals surface area contributed by atoms with Crippen molar-refractivity contribution in [1.82, 2.24) is 10.6 Å². The highest BCUT2D eigenvalue weighted by atomic mass is 16.6. The largest absolute Gasteiger partial charge is 0.507 e. The minimum atomic E-state index is -0.661. The first-order valence-corrected chi connectivity index (χ1v) is 23.0. The molecule has 0 spiro atoms. The topological polar surface area (TPSA) is 210 Å². The first kappa shape index (κ1) is 53.0. The van der Waals surface area contributed by atoms with Gasteiger partial charge in [0.15, 0.2) is 0 Å². The van der Waals surface area contributed by atoms with E-state index in [-0.39, 0.29) is 40.9 Å². The van der Waals surface area contributed by atoms with Gasteiger partial charge in [-0.1, -0.05) is 108 Å². The maximum absolute atomic E-state index is 12.9. The van der Waals surface area contributed by atoms with Crippen molar-refractivity contribution in [2.24, 2.45) is 11.8 Å². The van der Waals surface area contributed by atoms with Crippen LogP contribution in [-0.4, -0.2) is 88.7 Å². The number of allylic oxidation sites excluding steroid dienone is 4. The molecule has 354 valence electrons. The lowest BCUT2D eigenvalue weighted by molar-refractivity contribution is 0.00252. The number of benzene rings is 2. The van der Waals surface area contributed by atoms with Crippen LogP contribution >= 0.6 is 0 Å². The van der Waals surface area contributed by atoms with Gasteiger partial charge in [0, 0.05) is 32.0 Å². The molecule has 2 aromatic carbocycles. The van der Waals surface area contributed by atoms with Crippen molar-refractivity contribution in [2.45, 2.75) is 148 Å². The molecular weight excluding hydrogens is 821 g/mol. The minimum Gasteiger partial charge on any atom is -0.507 e. The van der Waals surface area contributed by atoms with E-state index < -0.39 is 48.5 Å². The number of ether oxygens (including phenoxy) is 4. The van der Waals surface area contributed by atoms with Gasteiger partial charge < -0.3 is 44.7 Å². The Bertz CT molecular complexity index is 1830. The molecule has 2 aliphatic heterocycles. The van der Waals surface area contributed by atoms with Crippen LogP contribution in [0.3, 0.4) is 0 Å². The van der Waals surface area contributed by atoms with E-state index in [9.17, 15) is 39.6 Å². The Morgan fingerprint density at radius 1 is 0.703 bits per heavy atom. The van der Waals surface area contributed by atoms with Gasteiger partial charge in [-0.15, -0.1) is 0 Å². The quantitative estimate of drug-likeness (QED) is 0.0428. The van der Waals surface area contributed by atoms with E-state index in [0.29, 0.717) is 82.3 Å². The van der Waals surface area contributed by atoms with E-state index in [1.807, 2.05) is 38.2 Å². The van der Waals surface area contributed by atoms with Crippen LogP contribution < -0.4 is 10.6 Å². The van der Waals surface area contributed by atoms with Gasteiger partial charge in [-0.05, 0) is 86.5 Å². The lowest BCUT2D eigenvalue weighted by Gasteiger charge is -2.25. The highest BCUT2D eigenvalue weighted by Crippen LogP contribution is 2.28. The lowest BCUT2D eigenvalue weighted by atomic mass is 9.93. The maximum atomic E-state index is 12.9. The van der Waals surface area contributed by atoms with E-state index in [1.54, 1.807) is 30.3 Å². The van der Waals surface area contributed by atoms with E-state index in [4.69, 9.17) is 18.9 Å². The van der Waals surface area contributed by atoms with Gasteiger partial charge in [-0.2, -0.15) is 0 Å². The highest BCUT2D eigenvalue weighted by molar-refractivity contribution is 5.95. The number of unbranched alkanes of at least 4 members (excludes halogenated alkanes) is 4. The van der Waals surface area contributed by atoms with Crippen LogP contribution in [0.25, 0.3) is 0 Å². The van der Waals surface area contributed by atoms with E-state index >= 15 is 0 Å². The number of carbonyl (C=O) groups excluding carboxylic acids is 4. The van der Waals surface area contributed by atoms with Crippen LogP contribution in [0, 0.1) is 11.8 Å². The van der Waals surface area contributed by atoms with Crippen LogP contribution in [0.4, 0.5) is 9.59 Å². The molecule has 4 rings (SSSR count). The normalized spacial score (nSPS) is 22.7. The average molecular weight is 893 g/mol. The monoisotopic (exact) mass is 893 g/mol. The second-order valence-corrected chi connectivity index (χ2v) is 16.6. The fourth-order valence-corrected chi connectivity index (χ4v) is 7.18. The second-order valence-electron chi connectivity index (χ2n) is 16.6. The molecule has 0 aromatic heterocycles. The molecule has 64 heavy (non-hydrogen) atoms. The van der Waals surface area contributed by atoms with E-state index in [0.717, 1.165) is 38.5 Å². The SMILES string of the molecule is CCCCCOC(=O)N/C=C/C[C@H]1C[C@@H](O)[C@@H](C)C/C=C/Cc2cccc(O)c2C(=O)O1.CCCCCOC(=O)NCCC[C@H]1C[C@@H](O)[C@@H](C)C/C=C/Cc2cccc(O)c2C(=O)O1. The molecule has 0 bridgehead atoms. The Hall–Kier alpha value is -5.34. The summed E-state index contributed by atoms with van der Waals surface area (Å²) in [6, 6.07) is 9.92.